The Morgan fingerprint density at radius 3 is 2.78 bits per heavy atom. The number of hydrogen-bond acceptors (Lipinski definition) is 3. The molecule has 0 aromatic rings. The van der Waals surface area contributed by atoms with E-state index in [2.05, 4.69) is 17.5 Å². The molecule has 1 aliphatic heterocycles. The molecule has 0 aromatic carbocycles. The Hall–Kier alpha value is -1.03. The minimum Gasteiger partial charge on any atom is -0.444 e. The molecule has 2 unspecified atom stereocenters. The number of piperidine rings is 1. The fraction of sp³-hybridized carbons (Fsp3) is 0.842. The zero-order valence-electron chi connectivity index (χ0n) is 15.1. The molecule has 4 nitrogen and oxygen atoms in total. The zero-order chi connectivity index (χ0) is 16.7. The molecular weight excluding hydrogens is 288 g/mol. The van der Waals surface area contributed by atoms with Gasteiger partial charge in [0.15, 0.2) is 0 Å². The summed E-state index contributed by atoms with van der Waals surface area (Å²) in [6, 6.07) is 0. The molecular formula is C19H34N2O2. The van der Waals surface area contributed by atoms with E-state index in [1.807, 2.05) is 25.7 Å². The van der Waals surface area contributed by atoms with Crippen molar-refractivity contribution in [2.75, 3.05) is 26.2 Å². The highest BCUT2D eigenvalue weighted by Crippen LogP contribution is 2.22. The summed E-state index contributed by atoms with van der Waals surface area (Å²) < 4.78 is 5.50. The van der Waals surface area contributed by atoms with Crippen molar-refractivity contribution in [2.45, 2.75) is 64.9 Å². The standard InChI is InChI=1S/C19H34N2O2/c1-19(2,3)23-18(22)21-13-7-10-17(15-21)11-12-20-14-16-8-5-4-6-9-16/h4-5,16-17,20H,6-15H2,1-3H3. The normalized spacial score (nSPS) is 25.4. The summed E-state index contributed by atoms with van der Waals surface area (Å²) in [7, 11) is 0. The van der Waals surface area contributed by atoms with Crippen molar-refractivity contribution in [1.82, 2.24) is 10.2 Å². The molecule has 4 heteroatoms. The SMILES string of the molecule is CC(C)(C)OC(=O)N1CCCC(CCNCC2CC=CCC2)C1. The monoisotopic (exact) mass is 322 g/mol. The van der Waals surface area contributed by atoms with Crippen LogP contribution in [0.15, 0.2) is 12.2 Å². The van der Waals surface area contributed by atoms with Crippen LogP contribution in [0.5, 0.6) is 0 Å². The van der Waals surface area contributed by atoms with Gasteiger partial charge >= 0.3 is 6.09 Å². The second-order valence-electron chi connectivity index (χ2n) is 8.08. The van der Waals surface area contributed by atoms with Crippen LogP contribution in [-0.4, -0.2) is 42.8 Å². The Morgan fingerprint density at radius 1 is 1.26 bits per heavy atom. The van der Waals surface area contributed by atoms with Crippen molar-refractivity contribution >= 4 is 6.09 Å². The van der Waals surface area contributed by atoms with Crippen LogP contribution in [0, 0.1) is 11.8 Å². The summed E-state index contributed by atoms with van der Waals surface area (Å²) in [5, 5.41) is 3.62. The van der Waals surface area contributed by atoms with E-state index in [9.17, 15) is 4.79 Å². The largest absolute Gasteiger partial charge is 0.444 e. The summed E-state index contributed by atoms with van der Waals surface area (Å²) in [6.45, 7) is 9.67. The van der Waals surface area contributed by atoms with Gasteiger partial charge < -0.3 is 15.0 Å². The third-order valence-corrected chi connectivity index (χ3v) is 4.71. The highest BCUT2D eigenvalue weighted by molar-refractivity contribution is 5.68. The van der Waals surface area contributed by atoms with Crippen LogP contribution in [0.25, 0.3) is 0 Å². The maximum absolute atomic E-state index is 12.2. The highest BCUT2D eigenvalue weighted by atomic mass is 16.6. The van der Waals surface area contributed by atoms with Crippen LogP contribution >= 0.6 is 0 Å². The average molecular weight is 322 g/mol. The van der Waals surface area contributed by atoms with E-state index in [0.29, 0.717) is 5.92 Å². The van der Waals surface area contributed by atoms with Gasteiger partial charge in [0.2, 0.25) is 0 Å². The fourth-order valence-electron chi connectivity index (χ4n) is 3.45. The number of likely N-dealkylation sites (tertiary alicyclic amines) is 1. The van der Waals surface area contributed by atoms with Crippen LogP contribution in [0.2, 0.25) is 0 Å². The predicted molar refractivity (Wildman–Crippen MR) is 94.5 cm³/mol. The van der Waals surface area contributed by atoms with Crippen LogP contribution in [0.3, 0.4) is 0 Å². The van der Waals surface area contributed by atoms with E-state index < -0.39 is 5.60 Å². The number of nitrogens with zero attached hydrogens (tertiary/aromatic N) is 1. The number of rotatable bonds is 5. The van der Waals surface area contributed by atoms with Crippen LogP contribution in [0.1, 0.15) is 59.3 Å². The van der Waals surface area contributed by atoms with Crippen molar-refractivity contribution in [3.8, 4) is 0 Å². The number of allylic oxidation sites excluding steroid dienone is 2. The zero-order valence-corrected chi connectivity index (χ0v) is 15.1. The molecule has 0 bridgehead atoms. The first kappa shape index (κ1) is 18.3. The second-order valence-corrected chi connectivity index (χ2v) is 8.08. The number of ether oxygens (including phenoxy) is 1. The molecule has 1 fully saturated rings. The third-order valence-electron chi connectivity index (χ3n) is 4.71. The highest BCUT2D eigenvalue weighted by Gasteiger charge is 2.27. The Labute approximate surface area is 141 Å². The molecule has 0 saturated carbocycles. The Morgan fingerprint density at radius 2 is 2.09 bits per heavy atom. The molecule has 132 valence electrons. The Balaban J connectivity index is 1.63. The van der Waals surface area contributed by atoms with Gasteiger partial charge in [-0.05, 0) is 84.2 Å². The molecule has 2 atom stereocenters. The Kier molecular flexibility index (Phi) is 6.94. The lowest BCUT2D eigenvalue weighted by Gasteiger charge is -2.34. The van der Waals surface area contributed by atoms with Gasteiger partial charge in [0, 0.05) is 13.1 Å². The van der Waals surface area contributed by atoms with Gasteiger partial charge in [-0.2, -0.15) is 0 Å². The summed E-state index contributed by atoms with van der Waals surface area (Å²) in [5.41, 5.74) is -0.403. The van der Waals surface area contributed by atoms with Crippen molar-refractivity contribution < 1.29 is 9.53 Å². The summed E-state index contributed by atoms with van der Waals surface area (Å²) in [6.07, 6.45) is 11.7. The van der Waals surface area contributed by atoms with E-state index in [1.165, 1.54) is 25.7 Å². The minimum absolute atomic E-state index is 0.149. The molecule has 1 N–H and O–H groups in total. The summed E-state index contributed by atoms with van der Waals surface area (Å²) in [5.74, 6) is 1.42. The van der Waals surface area contributed by atoms with E-state index >= 15 is 0 Å². The van der Waals surface area contributed by atoms with Gasteiger partial charge in [0.1, 0.15) is 5.60 Å². The number of carbonyl (C=O) groups excluding carboxylic acids is 1. The maximum Gasteiger partial charge on any atom is 0.410 e. The topological polar surface area (TPSA) is 41.6 Å². The lowest BCUT2D eigenvalue weighted by atomic mass is 9.93. The van der Waals surface area contributed by atoms with Gasteiger partial charge in [0.05, 0.1) is 0 Å². The second kappa shape index (κ2) is 8.72. The number of nitrogens with one attached hydrogen (secondary N) is 1. The minimum atomic E-state index is -0.403. The van der Waals surface area contributed by atoms with Crippen LogP contribution < -0.4 is 5.32 Å². The van der Waals surface area contributed by atoms with Crippen molar-refractivity contribution in [1.29, 1.82) is 0 Å². The Bertz CT molecular complexity index is 401. The number of carbonyl (C=O) groups is 1. The van der Waals surface area contributed by atoms with Crippen molar-refractivity contribution in [3.63, 3.8) is 0 Å². The van der Waals surface area contributed by atoms with E-state index in [4.69, 9.17) is 4.74 Å². The lowest BCUT2D eigenvalue weighted by molar-refractivity contribution is 0.0162. The van der Waals surface area contributed by atoms with Crippen molar-refractivity contribution in [2.24, 2.45) is 11.8 Å². The van der Waals surface area contributed by atoms with Crippen molar-refractivity contribution in [3.05, 3.63) is 12.2 Å². The fourth-order valence-corrected chi connectivity index (χ4v) is 3.45. The van der Waals surface area contributed by atoms with E-state index in [0.717, 1.165) is 44.9 Å². The van der Waals surface area contributed by atoms with Crippen LogP contribution in [0.4, 0.5) is 4.79 Å². The summed E-state index contributed by atoms with van der Waals surface area (Å²) in [4.78, 5) is 14.1. The number of hydrogen-bond donors (Lipinski definition) is 1. The molecule has 1 saturated heterocycles. The average Bonchev–Trinajstić information content (AvgIpc) is 2.51. The molecule has 1 heterocycles. The first-order chi connectivity index (χ1) is 10.9. The lowest BCUT2D eigenvalue weighted by Crippen LogP contribution is -2.43. The van der Waals surface area contributed by atoms with E-state index in [1.54, 1.807) is 0 Å². The first-order valence-corrected chi connectivity index (χ1v) is 9.27. The van der Waals surface area contributed by atoms with Gasteiger partial charge in [0.25, 0.3) is 0 Å². The van der Waals surface area contributed by atoms with Crippen LogP contribution in [-0.2, 0) is 4.74 Å². The molecule has 2 aliphatic rings. The number of amides is 1. The maximum atomic E-state index is 12.2. The van der Waals surface area contributed by atoms with Gasteiger partial charge in [-0.1, -0.05) is 12.2 Å². The quantitative estimate of drug-likeness (QED) is 0.615. The molecule has 0 aromatic heterocycles. The molecule has 23 heavy (non-hydrogen) atoms. The molecule has 1 aliphatic carbocycles. The molecule has 2 rings (SSSR count). The van der Waals surface area contributed by atoms with E-state index in [-0.39, 0.29) is 6.09 Å². The van der Waals surface area contributed by atoms with Gasteiger partial charge in [-0.3, -0.25) is 0 Å². The smallest absolute Gasteiger partial charge is 0.410 e. The van der Waals surface area contributed by atoms with Gasteiger partial charge in [-0.15, -0.1) is 0 Å². The van der Waals surface area contributed by atoms with Gasteiger partial charge in [-0.25, -0.2) is 4.79 Å². The first-order valence-electron chi connectivity index (χ1n) is 9.27. The predicted octanol–water partition coefficient (Wildman–Crippen LogP) is 3.97. The third kappa shape index (κ3) is 6.94. The molecule has 0 radical (unpaired) electrons. The summed E-state index contributed by atoms with van der Waals surface area (Å²) >= 11 is 0. The molecule has 0 spiro atoms. The molecule has 1 amide bonds.